The van der Waals surface area contributed by atoms with Gasteiger partial charge in [0.1, 0.15) is 5.82 Å². The highest BCUT2D eigenvalue weighted by atomic mass is 19.2. The summed E-state index contributed by atoms with van der Waals surface area (Å²) in [5, 5.41) is 0. The van der Waals surface area contributed by atoms with Crippen LogP contribution in [0.2, 0.25) is 0 Å². The molecule has 2 aliphatic carbocycles. The van der Waals surface area contributed by atoms with Gasteiger partial charge in [-0.15, -0.1) is 0 Å². The molecule has 1 fully saturated rings. The first-order chi connectivity index (χ1) is 14.5. The van der Waals surface area contributed by atoms with Crippen molar-refractivity contribution in [3.8, 4) is 16.9 Å². The fourth-order valence-electron chi connectivity index (χ4n) is 5.19. The largest absolute Gasteiger partial charge is 0.494 e. The standard InChI is InChI=1S/C26H29F3O/c1-3-4-16-5-7-17(8-6-16)18-9-10-19-14-22(23(27)15-20(19)13-18)21-11-12-24(30-2)26(29)25(21)28/h9,11-12,14-17H,3-8,10,13H2,1-2H3. The highest BCUT2D eigenvalue weighted by Gasteiger charge is 2.26. The van der Waals surface area contributed by atoms with Gasteiger partial charge in [0, 0.05) is 11.1 Å². The van der Waals surface area contributed by atoms with Gasteiger partial charge in [-0.3, -0.25) is 0 Å². The van der Waals surface area contributed by atoms with Crippen molar-refractivity contribution in [2.45, 2.75) is 58.3 Å². The van der Waals surface area contributed by atoms with Crippen LogP contribution in [0.3, 0.4) is 0 Å². The summed E-state index contributed by atoms with van der Waals surface area (Å²) in [5.74, 6) is -1.40. The first kappa shape index (κ1) is 21.0. The zero-order valence-corrected chi connectivity index (χ0v) is 17.7. The quantitative estimate of drug-likeness (QED) is 0.463. The number of hydrogen-bond donors (Lipinski definition) is 0. The van der Waals surface area contributed by atoms with E-state index in [-0.39, 0.29) is 16.9 Å². The summed E-state index contributed by atoms with van der Waals surface area (Å²) in [6.07, 6.45) is 11.4. The molecule has 160 valence electrons. The van der Waals surface area contributed by atoms with Crippen LogP contribution in [0.4, 0.5) is 13.2 Å². The lowest BCUT2D eigenvalue weighted by Crippen LogP contribution is -2.19. The molecule has 1 nitrogen and oxygen atoms in total. The molecule has 1 saturated carbocycles. The molecule has 0 bridgehead atoms. The fraction of sp³-hybridized carbons (Fsp3) is 0.462. The molecule has 0 aromatic heterocycles. The monoisotopic (exact) mass is 414 g/mol. The Labute approximate surface area is 177 Å². The lowest BCUT2D eigenvalue weighted by molar-refractivity contribution is 0.283. The smallest absolute Gasteiger partial charge is 0.201 e. The summed E-state index contributed by atoms with van der Waals surface area (Å²) in [6, 6.07) is 5.91. The van der Waals surface area contributed by atoms with E-state index in [2.05, 4.69) is 13.0 Å². The van der Waals surface area contributed by atoms with E-state index in [9.17, 15) is 13.2 Å². The Balaban J connectivity index is 1.55. The first-order valence-electron chi connectivity index (χ1n) is 11.0. The third-order valence-corrected chi connectivity index (χ3v) is 6.89. The topological polar surface area (TPSA) is 9.23 Å². The molecule has 0 radical (unpaired) electrons. The Bertz CT molecular complexity index is 955. The molecular weight excluding hydrogens is 385 g/mol. The van der Waals surface area contributed by atoms with Crippen LogP contribution in [0, 0.1) is 29.3 Å². The van der Waals surface area contributed by atoms with Crippen LogP contribution in [0.5, 0.6) is 5.75 Å². The average molecular weight is 415 g/mol. The Morgan fingerprint density at radius 3 is 2.40 bits per heavy atom. The van der Waals surface area contributed by atoms with Gasteiger partial charge >= 0.3 is 0 Å². The number of methoxy groups -OCH3 is 1. The van der Waals surface area contributed by atoms with Gasteiger partial charge in [-0.05, 0) is 85.8 Å². The van der Waals surface area contributed by atoms with Crippen molar-refractivity contribution >= 4 is 0 Å². The van der Waals surface area contributed by atoms with E-state index < -0.39 is 17.5 Å². The number of ether oxygens (including phenoxy) is 1. The van der Waals surface area contributed by atoms with Crippen LogP contribution < -0.4 is 4.74 Å². The van der Waals surface area contributed by atoms with Gasteiger partial charge in [-0.1, -0.05) is 31.4 Å². The number of fused-ring (bicyclic) bond motifs is 1. The normalized spacial score (nSPS) is 21.2. The molecule has 4 rings (SSSR count). The summed E-state index contributed by atoms with van der Waals surface area (Å²) in [7, 11) is 1.27. The van der Waals surface area contributed by atoms with Crippen molar-refractivity contribution < 1.29 is 17.9 Å². The van der Waals surface area contributed by atoms with Gasteiger partial charge in [0.25, 0.3) is 0 Å². The van der Waals surface area contributed by atoms with Crippen molar-refractivity contribution in [1.82, 2.24) is 0 Å². The molecule has 0 amide bonds. The van der Waals surface area contributed by atoms with Gasteiger partial charge < -0.3 is 4.74 Å². The number of benzene rings is 2. The minimum Gasteiger partial charge on any atom is -0.494 e. The van der Waals surface area contributed by atoms with Gasteiger partial charge in [-0.25, -0.2) is 8.78 Å². The van der Waals surface area contributed by atoms with Gasteiger partial charge in [0.15, 0.2) is 11.6 Å². The molecule has 0 unspecified atom stereocenters. The minimum atomic E-state index is -1.09. The third kappa shape index (κ3) is 4.01. The van der Waals surface area contributed by atoms with Crippen LogP contribution in [0.15, 0.2) is 35.9 Å². The average Bonchev–Trinajstić information content (AvgIpc) is 2.76. The molecule has 0 heterocycles. The number of allylic oxidation sites excluding steroid dienone is 2. The lowest BCUT2D eigenvalue weighted by atomic mass is 9.74. The fourth-order valence-corrected chi connectivity index (χ4v) is 5.19. The molecular formula is C26H29F3O. The zero-order chi connectivity index (χ0) is 21.3. The first-order valence-corrected chi connectivity index (χ1v) is 11.0. The third-order valence-electron chi connectivity index (χ3n) is 6.89. The van der Waals surface area contributed by atoms with Gasteiger partial charge in [0.2, 0.25) is 5.82 Å². The van der Waals surface area contributed by atoms with Crippen LogP contribution >= 0.6 is 0 Å². The number of hydrogen-bond acceptors (Lipinski definition) is 1. The molecule has 0 spiro atoms. The van der Waals surface area contributed by atoms with E-state index in [1.165, 1.54) is 69.4 Å². The second-order valence-corrected chi connectivity index (χ2v) is 8.71. The van der Waals surface area contributed by atoms with E-state index in [0.717, 1.165) is 23.5 Å². The van der Waals surface area contributed by atoms with E-state index in [0.29, 0.717) is 12.3 Å². The van der Waals surface area contributed by atoms with Crippen molar-refractivity contribution in [2.24, 2.45) is 11.8 Å². The van der Waals surface area contributed by atoms with E-state index in [4.69, 9.17) is 4.74 Å². The van der Waals surface area contributed by atoms with Crippen LogP contribution in [-0.2, 0) is 12.8 Å². The molecule has 0 N–H and O–H groups in total. The summed E-state index contributed by atoms with van der Waals surface area (Å²) in [6.45, 7) is 2.25. The molecule has 0 atom stereocenters. The maximum Gasteiger partial charge on any atom is 0.201 e. The molecule has 0 aliphatic heterocycles. The van der Waals surface area contributed by atoms with Crippen molar-refractivity contribution in [1.29, 1.82) is 0 Å². The molecule has 30 heavy (non-hydrogen) atoms. The van der Waals surface area contributed by atoms with Crippen LogP contribution in [0.1, 0.15) is 56.6 Å². The van der Waals surface area contributed by atoms with Gasteiger partial charge in [0.05, 0.1) is 7.11 Å². The highest BCUT2D eigenvalue weighted by Crippen LogP contribution is 2.40. The molecule has 2 aromatic rings. The Hall–Kier alpha value is -2.23. The Morgan fingerprint density at radius 2 is 1.70 bits per heavy atom. The van der Waals surface area contributed by atoms with Crippen molar-refractivity contribution in [3.63, 3.8) is 0 Å². The number of rotatable bonds is 5. The SMILES string of the molecule is CCCC1CCC(C2=CCc3cc(-c4ccc(OC)c(F)c4F)c(F)cc3C2)CC1. The highest BCUT2D eigenvalue weighted by molar-refractivity contribution is 5.68. The van der Waals surface area contributed by atoms with E-state index >= 15 is 0 Å². The molecule has 4 heteroatoms. The minimum absolute atomic E-state index is 0.0716. The molecule has 2 aromatic carbocycles. The maximum absolute atomic E-state index is 14.9. The predicted octanol–water partition coefficient (Wildman–Crippen LogP) is 7.41. The Kier molecular flexibility index (Phi) is 6.21. The predicted molar refractivity (Wildman–Crippen MR) is 114 cm³/mol. The van der Waals surface area contributed by atoms with Crippen molar-refractivity contribution in [2.75, 3.05) is 7.11 Å². The summed E-state index contributed by atoms with van der Waals surface area (Å²) in [4.78, 5) is 0. The van der Waals surface area contributed by atoms with Crippen LogP contribution in [0.25, 0.3) is 11.1 Å². The second-order valence-electron chi connectivity index (χ2n) is 8.71. The van der Waals surface area contributed by atoms with E-state index in [1.54, 1.807) is 6.07 Å². The second kappa shape index (κ2) is 8.87. The maximum atomic E-state index is 14.9. The summed E-state index contributed by atoms with van der Waals surface area (Å²) in [5.41, 5.74) is 3.41. The van der Waals surface area contributed by atoms with Crippen LogP contribution in [-0.4, -0.2) is 7.11 Å². The summed E-state index contributed by atoms with van der Waals surface area (Å²) < 4.78 is 48.4. The molecule has 2 aliphatic rings. The molecule has 0 saturated heterocycles. The lowest BCUT2D eigenvalue weighted by Gasteiger charge is -2.32. The van der Waals surface area contributed by atoms with E-state index in [1.807, 2.05) is 0 Å². The van der Waals surface area contributed by atoms with Gasteiger partial charge in [-0.2, -0.15) is 4.39 Å². The summed E-state index contributed by atoms with van der Waals surface area (Å²) >= 11 is 0. The number of halogens is 3. The zero-order valence-electron chi connectivity index (χ0n) is 17.7. The Morgan fingerprint density at radius 1 is 0.933 bits per heavy atom. The van der Waals surface area contributed by atoms with Crippen molar-refractivity contribution in [3.05, 3.63) is 64.5 Å².